The van der Waals surface area contributed by atoms with Gasteiger partial charge in [-0.3, -0.25) is 14.6 Å². The van der Waals surface area contributed by atoms with E-state index in [1.165, 1.54) is 16.2 Å². The van der Waals surface area contributed by atoms with Gasteiger partial charge in [0.15, 0.2) is 0 Å². The van der Waals surface area contributed by atoms with Crippen LogP contribution >= 0.6 is 11.3 Å². The number of carbonyl (C=O) groups excluding carboxylic acids is 2. The second kappa shape index (κ2) is 9.82. The zero-order valence-corrected chi connectivity index (χ0v) is 18.6. The maximum absolute atomic E-state index is 13.2. The Morgan fingerprint density at radius 1 is 1.28 bits per heavy atom. The van der Waals surface area contributed by atoms with E-state index in [0.29, 0.717) is 36.7 Å². The fourth-order valence-electron chi connectivity index (χ4n) is 3.84. The quantitative estimate of drug-likeness (QED) is 0.379. The Labute approximate surface area is 190 Å². The maximum Gasteiger partial charge on any atom is 0.241 e. The molecular formula is C24H25N3O4S. The molecular weight excluding hydrogens is 426 g/mol. The summed E-state index contributed by atoms with van der Waals surface area (Å²) in [6, 6.07) is 10.0. The number of ketones is 1. The molecule has 166 valence electrons. The fourth-order valence-corrected chi connectivity index (χ4v) is 4.52. The lowest BCUT2D eigenvalue weighted by Gasteiger charge is -2.27. The van der Waals surface area contributed by atoms with Gasteiger partial charge in [-0.2, -0.15) is 0 Å². The van der Waals surface area contributed by atoms with Gasteiger partial charge < -0.3 is 14.7 Å². The summed E-state index contributed by atoms with van der Waals surface area (Å²) in [7, 11) is 0. The van der Waals surface area contributed by atoms with E-state index in [0.717, 1.165) is 12.0 Å². The van der Waals surface area contributed by atoms with Crippen molar-refractivity contribution in [2.24, 2.45) is 0 Å². The van der Waals surface area contributed by atoms with E-state index in [4.69, 9.17) is 4.74 Å². The van der Waals surface area contributed by atoms with E-state index < -0.39 is 17.7 Å². The predicted molar refractivity (Wildman–Crippen MR) is 118 cm³/mol. The van der Waals surface area contributed by atoms with Gasteiger partial charge in [-0.25, -0.2) is 4.57 Å². The molecule has 0 fully saturated rings. The van der Waals surface area contributed by atoms with Crippen molar-refractivity contribution < 1.29 is 24.0 Å². The Morgan fingerprint density at radius 3 is 2.75 bits per heavy atom. The summed E-state index contributed by atoms with van der Waals surface area (Å²) in [5.41, 5.74) is 0.747. The van der Waals surface area contributed by atoms with Gasteiger partial charge in [0.05, 0.1) is 24.1 Å². The molecule has 1 amide bonds. The summed E-state index contributed by atoms with van der Waals surface area (Å²) < 4.78 is 7.63. The van der Waals surface area contributed by atoms with Crippen molar-refractivity contribution in [2.75, 3.05) is 13.2 Å². The minimum absolute atomic E-state index is 0.0222. The minimum atomic E-state index is -0.714. The molecule has 0 saturated heterocycles. The molecule has 3 aromatic rings. The van der Waals surface area contributed by atoms with Crippen LogP contribution in [0.1, 0.15) is 41.0 Å². The van der Waals surface area contributed by atoms with Crippen LogP contribution < -0.4 is 14.4 Å². The lowest BCUT2D eigenvalue weighted by Crippen LogP contribution is -2.37. The van der Waals surface area contributed by atoms with Crippen LogP contribution in [0.3, 0.4) is 0 Å². The van der Waals surface area contributed by atoms with Gasteiger partial charge in [0, 0.05) is 18.5 Å². The van der Waals surface area contributed by atoms with Gasteiger partial charge in [-0.15, -0.1) is 11.3 Å². The summed E-state index contributed by atoms with van der Waals surface area (Å²) in [6.45, 7) is 3.69. The van der Waals surface area contributed by atoms with E-state index >= 15 is 0 Å². The molecule has 7 nitrogen and oxygen atoms in total. The first-order valence-corrected chi connectivity index (χ1v) is 11.5. The van der Waals surface area contributed by atoms with Crippen LogP contribution in [-0.4, -0.2) is 34.7 Å². The molecule has 8 heteroatoms. The number of benzene rings is 1. The third kappa shape index (κ3) is 4.45. The van der Waals surface area contributed by atoms with E-state index in [-0.39, 0.29) is 11.4 Å². The van der Waals surface area contributed by atoms with Gasteiger partial charge in [0.25, 0.3) is 0 Å². The number of hydrogen-bond acceptors (Lipinski definition) is 5. The molecule has 4 rings (SSSR count). The number of H-pyrrole nitrogens is 1. The molecule has 1 aromatic carbocycles. The summed E-state index contributed by atoms with van der Waals surface area (Å²) in [5, 5.41) is 14.7. The molecule has 1 aliphatic rings. The van der Waals surface area contributed by atoms with E-state index in [1.54, 1.807) is 17.5 Å². The summed E-state index contributed by atoms with van der Waals surface area (Å²) in [6.07, 6.45) is 7.10. The number of hydrogen-bond donors (Lipinski definition) is 1. The monoisotopic (exact) mass is 451 g/mol. The first kappa shape index (κ1) is 21.8. The number of aromatic nitrogens is 2. The van der Waals surface area contributed by atoms with Crippen molar-refractivity contribution in [3.8, 4) is 5.75 Å². The van der Waals surface area contributed by atoms with Crippen LogP contribution in [0.5, 0.6) is 5.75 Å². The lowest BCUT2D eigenvalue weighted by molar-refractivity contribution is -0.695. The molecule has 3 heterocycles. The van der Waals surface area contributed by atoms with Gasteiger partial charge >= 0.3 is 0 Å². The summed E-state index contributed by atoms with van der Waals surface area (Å²) in [4.78, 5) is 31.1. The highest BCUT2D eigenvalue weighted by Crippen LogP contribution is 2.39. The number of nitrogens with zero attached hydrogens (tertiary/aromatic N) is 2. The first-order valence-electron chi connectivity index (χ1n) is 10.6. The normalized spacial score (nSPS) is 16.1. The maximum atomic E-state index is 13.2. The Hall–Kier alpha value is -3.39. The van der Waals surface area contributed by atoms with Crippen LogP contribution in [-0.2, 0) is 11.3 Å². The zero-order chi connectivity index (χ0) is 22.5. The van der Waals surface area contributed by atoms with Crippen molar-refractivity contribution in [3.05, 3.63) is 82.3 Å². The van der Waals surface area contributed by atoms with Crippen LogP contribution in [0.15, 0.2) is 71.8 Å². The summed E-state index contributed by atoms with van der Waals surface area (Å²) in [5.74, 6) is -1.00. The first-order chi connectivity index (χ1) is 15.6. The van der Waals surface area contributed by atoms with Gasteiger partial charge in [-0.1, -0.05) is 25.1 Å². The Balaban J connectivity index is 1.63. The molecule has 2 aromatic heterocycles. The zero-order valence-electron chi connectivity index (χ0n) is 17.8. The second-order valence-corrected chi connectivity index (χ2v) is 8.52. The van der Waals surface area contributed by atoms with Crippen molar-refractivity contribution in [3.63, 3.8) is 0 Å². The smallest absolute Gasteiger partial charge is 0.241 e. The molecule has 1 atom stereocenters. The Kier molecular flexibility index (Phi) is 6.70. The molecule has 1 aliphatic heterocycles. The van der Waals surface area contributed by atoms with Crippen LogP contribution in [0.4, 0.5) is 0 Å². The average molecular weight is 452 g/mol. The number of imidazole rings is 1. The van der Waals surface area contributed by atoms with Crippen molar-refractivity contribution in [1.29, 1.82) is 0 Å². The molecule has 1 unspecified atom stereocenters. The number of ether oxygens (including phenoxy) is 1. The largest absolute Gasteiger partial charge is 0.868 e. The number of Topliss-reactive ketones (excluding diaryl/α,β-unsaturated/α-hetero) is 1. The van der Waals surface area contributed by atoms with E-state index in [1.807, 2.05) is 54.5 Å². The highest BCUT2D eigenvalue weighted by Gasteiger charge is 2.39. The molecule has 0 aliphatic carbocycles. The third-order valence-corrected chi connectivity index (χ3v) is 6.23. The van der Waals surface area contributed by atoms with Gasteiger partial charge in [0.2, 0.25) is 18.0 Å². The molecule has 1 N–H and O–H groups in total. The van der Waals surface area contributed by atoms with E-state index in [2.05, 4.69) is 4.98 Å². The van der Waals surface area contributed by atoms with Gasteiger partial charge in [0.1, 0.15) is 18.1 Å². The third-order valence-electron chi connectivity index (χ3n) is 5.36. The Bertz CT molecular complexity index is 1090. The highest BCUT2D eigenvalue weighted by atomic mass is 32.1. The van der Waals surface area contributed by atoms with Crippen LogP contribution in [0.25, 0.3) is 0 Å². The number of nitrogens with one attached hydrogen (secondary N) is 1. The number of aryl methyl sites for hydroxylation is 1. The SMILES string of the molecule is CCCOc1ccc(C2C(C(=O)c3cccs3)=C([O-])C(=O)N2CCC[n+]2cc[nH]c2)cc1. The number of thiophene rings is 1. The van der Waals surface area contributed by atoms with Crippen molar-refractivity contribution in [2.45, 2.75) is 32.4 Å². The Morgan fingerprint density at radius 2 is 2.09 bits per heavy atom. The van der Waals surface area contributed by atoms with Gasteiger partial charge in [-0.05, 0) is 41.3 Å². The molecule has 0 spiro atoms. The van der Waals surface area contributed by atoms with Crippen LogP contribution in [0, 0.1) is 0 Å². The average Bonchev–Trinajstić information content (AvgIpc) is 3.56. The standard InChI is InChI=1S/C24H25N3O4S/c1-2-14-31-18-8-6-17(7-9-18)21-20(22(28)19-5-3-15-32-19)23(29)24(30)27(21)12-4-11-26-13-10-25-16-26/h3,5-10,13,15-16,21H,2,4,11-12,14H2,1H3,(H,28,29). The molecule has 0 bridgehead atoms. The highest BCUT2D eigenvalue weighted by molar-refractivity contribution is 7.12. The topological polar surface area (TPSA) is 89.3 Å². The second-order valence-electron chi connectivity index (χ2n) is 7.57. The molecule has 0 saturated carbocycles. The summed E-state index contributed by atoms with van der Waals surface area (Å²) >= 11 is 1.27. The fraction of sp³-hybridized carbons (Fsp3) is 0.292. The number of aromatic amines is 1. The predicted octanol–water partition coefficient (Wildman–Crippen LogP) is 2.62. The van der Waals surface area contributed by atoms with E-state index in [9.17, 15) is 14.7 Å². The van der Waals surface area contributed by atoms with Crippen molar-refractivity contribution >= 4 is 23.0 Å². The van der Waals surface area contributed by atoms with Crippen molar-refractivity contribution in [1.82, 2.24) is 9.88 Å². The molecule has 32 heavy (non-hydrogen) atoms. The molecule has 0 radical (unpaired) electrons. The minimum Gasteiger partial charge on any atom is -0.868 e. The number of rotatable bonds is 10. The lowest BCUT2D eigenvalue weighted by atomic mass is 9.95. The number of amides is 1. The van der Waals surface area contributed by atoms with Crippen LogP contribution in [0.2, 0.25) is 0 Å². The number of carbonyl (C=O) groups is 2.